The molecule has 2 unspecified atom stereocenters. The van der Waals surface area contributed by atoms with Gasteiger partial charge in [-0.15, -0.1) is 0 Å². The molecule has 1 fully saturated rings. The lowest BCUT2D eigenvalue weighted by molar-refractivity contribution is -0.113. The molecule has 1 aromatic rings. The molecule has 1 radical (unpaired) electrons. The molecule has 2 atom stereocenters. The average molecular weight is 243 g/mol. The van der Waals surface area contributed by atoms with E-state index < -0.39 is 0 Å². The van der Waals surface area contributed by atoms with Gasteiger partial charge in [0.25, 0.3) is 0 Å². The number of carbonyl (C=O) groups is 1. The third-order valence-corrected chi connectivity index (χ3v) is 4.35. The third kappa shape index (κ3) is 3.01. The topological polar surface area (TPSA) is 17.1 Å². The summed E-state index contributed by atoms with van der Waals surface area (Å²) in [7, 11) is 0. The summed E-state index contributed by atoms with van der Waals surface area (Å²) in [5, 5.41) is 0. The van der Waals surface area contributed by atoms with Crippen molar-refractivity contribution in [2.75, 3.05) is 0 Å². The second-order valence-electron chi connectivity index (χ2n) is 5.42. The molecule has 0 bridgehead atoms. The van der Waals surface area contributed by atoms with Crippen molar-refractivity contribution >= 4 is 6.29 Å². The van der Waals surface area contributed by atoms with E-state index in [1.807, 2.05) is 6.07 Å². The molecule has 0 spiro atoms. The largest absolute Gasteiger partial charge is 0.303 e. The van der Waals surface area contributed by atoms with Crippen LogP contribution in [0.4, 0.5) is 0 Å². The quantitative estimate of drug-likeness (QED) is 0.701. The summed E-state index contributed by atoms with van der Waals surface area (Å²) in [6, 6.07) is 10.4. The summed E-state index contributed by atoms with van der Waals surface area (Å²) in [6.45, 7) is 4.07. The summed E-state index contributed by atoms with van der Waals surface area (Å²) in [5.41, 5.74) is 1.27. The first-order chi connectivity index (χ1) is 8.86. The molecule has 97 valence electrons. The summed E-state index contributed by atoms with van der Waals surface area (Å²) in [4.78, 5) is 11.6. The predicted molar refractivity (Wildman–Crippen MR) is 75.3 cm³/mol. The van der Waals surface area contributed by atoms with E-state index in [2.05, 4.69) is 31.2 Å². The van der Waals surface area contributed by atoms with Crippen LogP contribution in [0.25, 0.3) is 0 Å². The Morgan fingerprint density at radius 3 is 2.39 bits per heavy atom. The van der Waals surface area contributed by atoms with E-state index in [1.165, 1.54) is 44.0 Å². The zero-order chi connectivity index (χ0) is 12.8. The van der Waals surface area contributed by atoms with Gasteiger partial charge in [0.1, 0.15) is 6.29 Å². The molecule has 0 N–H and O–H groups in total. The molecule has 1 nitrogen and oxygen atoms in total. The van der Waals surface area contributed by atoms with Crippen LogP contribution in [-0.2, 0) is 4.79 Å². The lowest BCUT2D eigenvalue weighted by Gasteiger charge is -2.32. The number of hydrogen-bond acceptors (Lipinski definition) is 1. The van der Waals surface area contributed by atoms with Crippen LogP contribution in [0.15, 0.2) is 30.3 Å². The summed E-state index contributed by atoms with van der Waals surface area (Å²) in [6.07, 6.45) is 8.34. The van der Waals surface area contributed by atoms with Gasteiger partial charge in [0.2, 0.25) is 0 Å². The van der Waals surface area contributed by atoms with Crippen molar-refractivity contribution in [2.45, 2.75) is 44.4 Å². The number of carbonyl (C=O) groups excluding carboxylic acids is 1. The second-order valence-corrected chi connectivity index (χ2v) is 5.42. The van der Waals surface area contributed by atoms with Crippen LogP contribution in [0.3, 0.4) is 0 Å². The van der Waals surface area contributed by atoms with Gasteiger partial charge in [-0.1, -0.05) is 56.5 Å². The Bertz CT molecular complexity index is 351. The lowest BCUT2D eigenvalue weighted by Crippen LogP contribution is -2.25. The fourth-order valence-electron chi connectivity index (χ4n) is 3.34. The zero-order valence-corrected chi connectivity index (χ0v) is 11.1. The van der Waals surface area contributed by atoms with Crippen LogP contribution in [0.2, 0.25) is 0 Å². The fourth-order valence-corrected chi connectivity index (χ4v) is 3.34. The highest BCUT2D eigenvalue weighted by molar-refractivity contribution is 5.56. The standard InChI is InChI=1S/C17H23O/c1-2-16(14-9-5-3-6-10-14)17(13-18)15-11-7-4-8-12-15/h3,5-6,9-10,13,15-17H,1-2,4,7-8,11-12H2. The van der Waals surface area contributed by atoms with Gasteiger partial charge in [0.05, 0.1) is 0 Å². The molecule has 2 rings (SSSR count). The molecule has 0 amide bonds. The van der Waals surface area contributed by atoms with Gasteiger partial charge in [-0.2, -0.15) is 0 Å². The number of aldehydes is 1. The molecule has 0 aliphatic heterocycles. The summed E-state index contributed by atoms with van der Waals surface area (Å²) >= 11 is 0. The average Bonchev–Trinajstić information content (AvgIpc) is 2.46. The minimum atomic E-state index is 0.158. The van der Waals surface area contributed by atoms with Crippen LogP contribution in [0.1, 0.15) is 50.0 Å². The van der Waals surface area contributed by atoms with E-state index in [0.717, 1.165) is 6.42 Å². The second kappa shape index (κ2) is 6.72. The van der Waals surface area contributed by atoms with Gasteiger partial charge >= 0.3 is 0 Å². The van der Waals surface area contributed by atoms with Gasteiger partial charge < -0.3 is 4.79 Å². The third-order valence-electron chi connectivity index (χ3n) is 4.35. The van der Waals surface area contributed by atoms with E-state index in [4.69, 9.17) is 0 Å². The first-order valence-corrected chi connectivity index (χ1v) is 7.16. The van der Waals surface area contributed by atoms with E-state index in [1.54, 1.807) is 0 Å². The first kappa shape index (κ1) is 13.3. The number of hydrogen-bond donors (Lipinski definition) is 0. The highest BCUT2D eigenvalue weighted by Gasteiger charge is 2.30. The molecule has 0 saturated heterocycles. The summed E-state index contributed by atoms with van der Waals surface area (Å²) < 4.78 is 0. The smallest absolute Gasteiger partial charge is 0.123 e. The Labute approximate surface area is 111 Å². The lowest BCUT2D eigenvalue weighted by atomic mass is 9.72. The minimum absolute atomic E-state index is 0.158. The van der Waals surface area contributed by atoms with Crippen LogP contribution in [-0.4, -0.2) is 6.29 Å². The number of rotatable bonds is 5. The Balaban J connectivity index is 2.15. The molecule has 1 aliphatic rings. The van der Waals surface area contributed by atoms with E-state index >= 15 is 0 Å². The maximum atomic E-state index is 11.6. The van der Waals surface area contributed by atoms with Crippen molar-refractivity contribution in [2.24, 2.45) is 11.8 Å². The van der Waals surface area contributed by atoms with Crippen molar-refractivity contribution in [3.8, 4) is 0 Å². The maximum absolute atomic E-state index is 11.6. The van der Waals surface area contributed by atoms with E-state index in [0.29, 0.717) is 11.8 Å². The van der Waals surface area contributed by atoms with Gasteiger partial charge in [-0.3, -0.25) is 0 Å². The first-order valence-electron chi connectivity index (χ1n) is 7.16. The molecule has 1 heteroatoms. The minimum Gasteiger partial charge on any atom is -0.303 e. The molecule has 1 aliphatic carbocycles. The van der Waals surface area contributed by atoms with Gasteiger partial charge in [0.15, 0.2) is 0 Å². The fraction of sp³-hybridized carbons (Fsp3) is 0.529. The van der Waals surface area contributed by atoms with Gasteiger partial charge in [-0.25, -0.2) is 0 Å². The van der Waals surface area contributed by atoms with Crippen molar-refractivity contribution in [3.05, 3.63) is 42.8 Å². The Morgan fingerprint density at radius 1 is 1.17 bits per heavy atom. The van der Waals surface area contributed by atoms with Gasteiger partial charge in [-0.05, 0) is 36.7 Å². The monoisotopic (exact) mass is 243 g/mol. The molecule has 1 aromatic carbocycles. The van der Waals surface area contributed by atoms with Crippen molar-refractivity contribution in [3.63, 3.8) is 0 Å². The van der Waals surface area contributed by atoms with Crippen molar-refractivity contribution < 1.29 is 4.79 Å². The van der Waals surface area contributed by atoms with Crippen molar-refractivity contribution in [1.29, 1.82) is 0 Å². The molecular weight excluding hydrogens is 220 g/mol. The van der Waals surface area contributed by atoms with Crippen LogP contribution in [0, 0.1) is 18.8 Å². The Hall–Kier alpha value is -1.11. The molecule has 0 heterocycles. The molecular formula is C17H23O. The Kier molecular flexibility index (Phi) is 4.98. The Morgan fingerprint density at radius 2 is 1.83 bits per heavy atom. The molecule has 1 saturated carbocycles. The molecule has 0 aromatic heterocycles. The maximum Gasteiger partial charge on any atom is 0.123 e. The van der Waals surface area contributed by atoms with Crippen LogP contribution in [0.5, 0.6) is 0 Å². The normalized spacial score (nSPS) is 20.3. The van der Waals surface area contributed by atoms with Crippen LogP contribution < -0.4 is 0 Å². The van der Waals surface area contributed by atoms with Crippen LogP contribution >= 0.6 is 0 Å². The highest BCUT2D eigenvalue weighted by atomic mass is 16.1. The SMILES string of the molecule is [CH2]CC(c1ccccc1)C(C=O)C1CCCCC1. The predicted octanol–water partition coefficient (Wildman–Crippen LogP) is 4.39. The highest BCUT2D eigenvalue weighted by Crippen LogP contribution is 2.38. The molecule has 18 heavy (non-hydrogen) atoms. The van der Waals surface area contributed by atoms with Crippen molar-refractivity contribution in [1.82, 2.24) is 0 Å². The number of benzene rings is 1. The zero-order valence-electron chi connectivity index (χ0n) is 11.1. The van der Waals surface area contributed by atoms with E-state index in [9.17, 15) is 4.79 Å². The summed E-state index contributed by atoms with van der Waals surface area (Å²) in [5.74, 6) is 1.03. The van der Waals surface area contributed by atoms with E-state index in [-0.39, 0.29) is 5.92 Å². The van der Waals surface area contributed by atoms with Gasteiger partial charge in [0, 0.05) is 5.92 Å².